The van der Waals surface area contributed by atoms with Gasteiger partial charge in [0.25, 0.3) is 5.56 Å². The molecule has 0 aliphatic rings. The van der Waals surface area contributed by atoms with E-state index >= 15 is 0 Å². The molecule has 0 unspecified atom stereocenters. The van der Waals surface area contributed by atoms with Crippen LogP contribution < -0.4 is 5.56 Å². The first kappa shape index (κ1) is 11.4. The van der Waals surface area contributed by atoms with Crippen molar-refractivity contribution in [3.05, 3.63) is 57.1 Å². The Morgan fingerprint density at radius 1 is 1.24 bits per heavy atom. The zero-order valence-corrected chi connectivity index (χ0v) is 9.82. The molecule has 0 atom stereocenters. The maximum absolute atomic E-state index is 11.4. The normalized spacial score (nSPS) is 10.5. The van der Waals surface area contributed by atoms with Crippen LogP contribution in [-0.4, -0.2) is 15.1 Å². The molecule has 2 rings (SSSR count). The van der Waals surface area contributed by atoms with Gasteiger partial charge in [0.2, 0.25) is 5.88 Å². The number of rotatable bonds is 2. The predicted molar refractivity (Wildman–Crippen MR) is 65.2 cm³/mol. The first-order valence-electron chi connectivity index (χ1n) is 5.40. The molecule has 0 aliphatic carbocycles. The second-order valence-corrected chi connectivity index (χ2v) is 4.12. The van der Waals surface area contributed by atoms with Gasteiger partial charge in [0.15, 0.2) is 0 Å². The third kappa shape index (κ3) is 2.53. The topological polar surface area (TPSA) is 66.0 Å². The number of aromatic nitrogens is 2. The fourth-order valence-corrected chi connectivity index (χ4v) is 1.55. The quantitative estimate of drug-likeness (QED) is 0.825. The average molecular weight is 230 g/mol. The molecule has 2 aromatic rings. The molecule has 0 radical (unpaired) electrons. The minimum Gasteiger partial charge on any atom is -0.493 e. The standard InChI is InChI=1S/C13H14N2O2/c1-8-3-5-10(6-4-8)7-11-14-12(16)9(2)13(17)15-11/h3-6H,7H2,1-2H3,(H2,14,15,16,17). The summed E-state index contributed by atoms with van der Waals surface area (Å²) in [6.07, 6.45) is 0.503. The van der Waals surface area contributed by atoms with Gasteiger partial charge in [0.05, 0.1) is 5.56 Å². The molecule has 4 heteroatoms. The first-order valence-corrected chi connectivity index (χ1v) is 5.40. The van der Waals surface area contributed by atoms with Crippen LogP contribution in [0.2, 0.25) is 0 Å². The van der Waals surface area contributed by atoms with Crippen molar-refractivity contribution in [3.8, 4) is 5.88 Å². The third-order valence-electron chi connectivity index (χ3n) is 2.67. The van der Waals surface area contributed by atoms with Crippen molar-refractivity contribution >= 4 is 0 Å². The fraction of sp³-hybridized carbons (Fsp3) is 0.231. The molecule has 0 saturated carbocycles. The molecule has 1 heterocycles. The van der Waals surface area contributed by atoms with Crippen molar-refractivity contribution in [1.82, 2.24) is 9.97 Å². The smallest absolute Gasteiger partial charge is 0.257 e. The van der Waals surface area contributed by atoms with E-state index in [1.807, 2.05) is 31.2 Å². The summed E-state index contributed by atoms with van der Waals surface area (Å²) in [6.45, 7) is 3.55. The van der Waals surface area contributed by atoms with Crippen molar-refractivity contribution in [2.75, 3.05) is 0 Å². The first-order chi connectivity index (χ1) is 8.06. The summed E-state index contributed by atoms with van der Waals surface area (Å²) in [5.74, 6) is 0.276. The second kappa shape index (κ2) is 4.41. The van der Waals surface area contributed by atoms with Crippen molar-refractivity contribution < 1.29 is 5.11 Å². The third-order valence-corrected chi connectivity index (χ3v) is 2.67. The Hall–Kier alpha value is -2.10. The van der Waals surface area contributed by atoms with Crippen LogP contribution in [-0.2, 0) is 6.42 Å². The molecule has 0 aliphatic heterocycles. The van der Waals surface area contributed by atoms with Gasteiger partial charge < -0.3 is 10.1 Å². The lowest BCUT2D eigenvalue weighted by Crippen LogP contribution is -2.14. The van der Waals surface area contributed by atoms with E-state index < -0.39 is 0 Å². The Morgan fingerprint density at radius 3 is 2.47 bits per heavy atom. The molecule has 0 saturated heterocycles. The summed E-state index contributed by atoms with van der Waals surface area (Å²) in [6, 6.07) is 7.96. The SMILES string of the molecule is Cc1ccc(Cc2nc(O)c(C)c(=O)[nH]2)cc1. The minimum atomic E-state index is -0.292. The maximum Gasteiger partial charge on any atom is 0.257 e. The lowest BCUT2D eigenvalue weighted by molar-refractivity contribution is 0.443. The van der Waals surface area contributed by atoms with Crippen LogP contribution in [0.4, 0.5) is 0 Å². The van der Waals surface area contributed by atoms with Crippen molar-refractivity contribution in [2.24, 2.45) is 0 Å². The van der Waals surface area contributed by atoms with Crippen LogP contribution in [0.25, 0.3) is 0 Å². The van der Waals surface area contributed by atoms with Crippen LogP contribution >= 0.6 is 0 Å². The highest BCUT2D eigenvalue weighted by Gasteiger charge is 2.06. The van der Waals surface area contributed by atoms with E-state index in [1.54, 1.807) is 0 Å². The van der Waals surface area contributed by atoms with E-state index in [0.29, 0.717) is 12.2 Å². The van der Waals surface area contributed by atoms with Crippen LogP contribution in [0.3, 0.4) is 0 Å². The number of aromatic amines is 1. The van der Waals surface area contributed by atoms with Gasteiger partial charge in [-0.25, -0.2) is 0 Å². The Balaban J connectivity index is 2.30. The lowest BCUT2D eigenvalue weighted by Gasteiger charge is -2.03. The number of benzene rings is 1. The molecule has 0 amide bonds. The van der Waals surface area contributed by atoms with E-state index in [9.17, 15) is 9.90 Å². The number of H-pyrrole nitrogens is 1. The summed E-state index contributed by atoms with van der Waals surface area (Å²) in [4.78, 5) is 18.1. The molecular formula is C13H14N2O2. The Labute approximate surface area is 99.0 Å². The van der Waals surface area contributed by atoms with Gasteiger partial charge in [0, 0.05) is 6.42 Å². The van der Waals surface area contributed by atoms with E-state index in [4.69, 9.17) is 0 Å². The molecule has 1 aromatic heterocycles. The number of nitrogens with one attached hydrogen (secondary N) is 1. The van der Waals surface area contributed by atoms with Gasteiger partial charge in [0.1, 0.15) is 5.82 Å². The van der Waals surface area contributed by atoms with E-state index in [1.165, 1.54) is 12.5 Å². The van der Waals surface area contributed by atoms with E-state index in [2.05, 4.69) is 9.97 Å². The molecular weight excluding hydrogens is 216 g/mol. The Kier molecular flexibility index (Phi) is 2.95. The van der Waals surface area contributed by atoms with Gasteiger partial charge >= 0.3 is 0 Å². The maximum atomic E-state index is 11.4. The number of hydrogen-bond donors (Lipinski definition) is 2. The van der Waals surface area contributed by atoms with Gasteiger partial charge in [-0.05, 0) is 19.4 Å². The summed E-state index contributed by atoms with van der Waals surface area (Å²) >= 11 is 0. The molecule has 4 nitrogen and oxygen atoms in total. The largest absolute Gasteiger partial charge is 0.493 e. The molecule has 88 valence electrons. The van der Waals surface area contributed by atoms with Gasteiger partial charge in [-0.15, -0.1) is 0 Å². The molecule has 17 heavy (non-hydrogen) atoms. The monoisotopic (exact) mass is 230 g/mol. The number of aromatic hydroxyl groups is 1. The van der Waals surface area contributed by atoms with Crippen molar-refractivity contribution in [2.45, 2.75) is 20.3 Å². The van der Waals surface area contributed by atoms with Crippen LogP contribution in [0.15, 0.2) is 29.1 Å². The average Bonchev–Trinajstić information content (AvgIpc) is 2.29. The Bertz CT molecular complexity index is 585. The van der Waals surface area contributed by atoms with Crippen molar-refractivity contribution in [3.63, 3.8) is 0 Å². The van der Waals surface area contributed by atoms with Crippen LogP contribution in [0.1, 0.15) is 22.5 Å². The van der Waals surface area contributed by atoms with Crippen molar-refractivity contribution in [1.29, 1.82) is 0 Å². The minimum absolute atomic E-state index is 0.198. The van der Waals surface area contributed by atoms with Gasteiger partial charge in [-0.3, -0.25) is 4.79 Å². The second-order valence-electron chi connectivity index (χ2n) is 4.12. The highest BCUT2D eigenvalue weighted by Crippen LogP contribution is 2.10. The molecule has 0 spiro atoms. The number of aryl methyl sites for hydroxylation is 1. The van der Waals surface area contributed by atoms with Crippen LogP contribution in [0.5, 0.6) is 5.88 Å². The zero-order valence-electron chi connectivity index (χ0n) is 9.82. The lowest BCUT2D eigenvalue weighted by atomic mass is 10.1. The predicted octanol–water partition coefficient (Wildman–Crippen LogP) is 1.68. The summed E-state index contributed by atoms with van der Waals surface area (Å²) in [7, 11) is 0. The summed E-state index contributed by atoms with van der Waals surface area (Å²) in [5.41, 5.74) is 2.18. The zero-order chi connectivity index (χ0) is 12.4. The van der Waals surface area contributed by atoms with E-state index in [-0.39, 0.29) is 17.0 Å². The highest BCUT2D eigenvalue weighted by atomic mass is 16.3. The fourth-order valence-electron chi connectivity index (χ4n) is 1.55. The van der Waals surface area contributed by atoms with Gasteiger partial charge in [-0.1, -0.05) is 29.8 Å². The molecule has 0 fully saturated rings. The van der Waals surface area contributed by atoms with Crippen LogP contribution in [0, 0.1) is 13.8 Å². The summed E-state index contributed by atoms with van der Waals surface area (Å²) in [5, 5.41) is 9.47. The van der Waals surface area contributed by atoms with Gasteiger partial charge in [-0.2, -0.15) is 4.98 Å². The molecule has 2 N–H and O–H groups in total. The van der Waals surface area contributed by atoms with E-state index in [0.717, 1.165) is 5.56 Å². The highest BCUT2D eigenvalue weighted by molar-refractivity contribution is 5.26. The Morgan fingerprint density at radius 2 is 1.88 bits per heavy atom. The summed E-state index contributed by atoms with van der Waals surface area (Å²) < 4.78 is 0. The number of nitrogens with zero attached hydrogens (tertiary/aromatic N) is 1. The molecule has 1 aromatic carbocycles. The molecule has 0 bridgehead atoms. The number of hydrogen-bond acceptors (Lipinski definition) is 3.